The lowest BCUT2D eigenvalue weighted by Crippen LogP contribution is -2.50. The molecule has 3 rings (SSSR count). The summed E-state index contributed by atoms with van der Waals surface area (Å²) >= 11 is 0. The van der Waals surface area contributed by atoms with Crippen molar-refractivity contribution in [3.8, 4) is 0 Å². The Bertz CT molecular complexity index is 470. The molecule has 2 N–H and O–H groups in total. The van der Waals surface area contributed by atoms with Crippen LogP contribution in [0.1, 0.15) is 32.1 Å². The largest absolute Gasteiger partial charge is 0.550 e. The van der Waals surface area contributed by atoms with Crippen molar-refractivity contribution in [1.29, 1.82) is 0 Å². The van der Waals surface area contributed by atoms with Gasteiger partial charge in [0.15, 0.2) is 0 Å². The van der Waals surface area contributed by atoms with E-state index in [1.165, 1.54) is 0 Å². The van der Waals surface area contributed by atoms with E-state index in [-0.39, 0.29) is 29.6 Å². The maximum absolute atomic E-state index is 12.7. The Balaban J connectivity index is 1.68. The summed E-state index contributed by atoms with van der Waals surface area (Å²) in [5, 5.41) is 11.4. The molecule has 4 unspecified atom stereocenters. The summed E-state index contributed by atoms with van der Waals surface area (Å²) in [6, 6.07) is 0. The molecule has 116 valence electrons. The molecule has 6 nitrogen and oxygen atoms in total. The molecule has 0 spiro atoms. The second kappa shape index (κ2) is 5.31. The molecular formula is C15H21N2O4-. The lowest BCUT2D eigenvalue weighted by molar-refractivity contribution is -0.314. The molecule has 0 aromatic heterocycles. The number of piperidine rings is 1. The molecule has 2 aliphatic carbocycles. The Morgan fingerprint density at radius 2 is 1.52 bits per heavy atom. The van der Waals surface area contributed by atoms with Gasteiger partial charge in [-0.2, -0.15) is 0 Å². The van der Waals surface area contributed by atoms with Gasteiger partial charge >= 0.3 is 0 Å². The molecule has 4 atom stereocenters. The van der Waals surface area contributed by atoms with Crippen molar-refractivity contribution in [1.82, 2.24) is 4.90 Å². The first kappa shape index (κ1) is 14.4. The third kappa shape index (κ3) is 2.40. The van der Waals surface area contributed by atoms with Crippen LogP contribution in [0.25, 0.3) is 0 Å². The van der Waals surface area contributed by atoms with Gasteiger partial charge in [-0.05, 0) is 43.9 Å². The van der Waals surface area contributed by atoms with E-state index in [4.69, 9.17) is 5.73 Å². The van der Waals surface area contributed by atoms with Crippen LogP contribution in [0.5, 0.6) is 0 Å². The highest BCUT2D eigenvalue weighted by Crippen LogP contribution is 2.52. The van der Waals surface area contributed by atoms with Crippen molar-refractivity contribution < 1.29 is 19.5 Å². The zero-order chi connectivity index (χ0) is 15.1. The fourth-order valence-corrected chi connectivity index (χ4v) is 4.58. The number of primary amides is 1. The predicted molar refractivity (Wildman–Crippen MR) is 71.3 cm³/mol. The van der Waals surface area contributed by atoms with Crippen molar-refractivity contribution in [3.05, 3.63) is 0 Å². The number of amides is 2. The normalized spacial score (nSPS) is 35.9. The van der Waals surface area contributed by atoms with Crippen LogP contribution in [0.2, 0.25) is 0 Å². The Labute approximate surface area is 123 Å². The minimum Gasteiger partial charge on any atom is -0.550 e. The van der Waals surface area contributed by atoms with Crippen LogP contribution in [-0.2, 0) is 14.4 Å². The second-order valence-corrected chi connectivity index (χ2v) is 6.71. The van der Waals surface area contributed by atoms with Gasteiger partial charge in [0.25, 0.3) is 0 Å². The van der Waals surface area contributed by atoms with Crippen molar-refractivity contribution in [3.63, 3.8) is 0 Å². The summed E-state index contributed by atoms with van der Waals surface area (Å²) in [5.41, 5.74) is 5.29. The monoisotopic (exact) mass is 293 g/mol. The molecule has 2 amide bonds. The van der Waals surface area contributed by atoms with Gasteiger partial charge in [0.05, 0.1) is 0 Å². The first-order chi connectivity index (χ1) is 9.99. The molecule has 0 aromatic carbocycles. The fraction of sp³-hybridized carbons (Fsp3) is 0.800. The van der Waals surface area contributed by atoms with Crippen LogP contribution in [0.3, 0.4) is 0 Å². The average Bonchev–Trinajstić information content (AvgIpc) is 3.07. The predicted octanol–water partition coefficient (Wildman–Crippen LogP) is -0.877. The summed E-state index contributed by atoms with van der Waals surface area (Å²) in [4.78, 5) is 37.0. The molecule has 2 bridgehead atoms. The number of nitrogens with zero attached hydrogens (tertiary/aromatic N) is 1. The highest BCUT2D eigenvalue weighted by atomic mass is 16.4. The first-order valence-electron chi connectivity index (χ1n) is 7.78. The van der Waals surface area contributed by atoms with Gasteiger partial charge in [-0.3, -0.25) is 9.59 Å². The molecule has 6 heteroatoms. The molecule has 2 saturated carbocycles. The molecule has 21 heavy (non-hydrogen) atoms. The molecule has 0 radical (unpaired) electrons. The van der Waals surface area contributed by atoms with Gasteiger partial charge in [0, 0.05) is 36.8 Å². The average molecular weight is 293 g/mol. The van der Waals surface area contributed by atoms with E-state index in [0.717, 1.165) is 19.3 Å². The quantitative estimate of drug-likeness (QED) is 0.730. The van der Waals surface area contributed by atoms with Crippen molar-refractivity contribution in [2.45, 2.75) is 32.1 Å². The van der Waals surface area contributed by atoms with Crippen LogP contribution < -0.4 is 10.8 Å². The molecule has 1 heterocycles. The minimum absolute atomic E-state index is 0.0562. The Kier molecular flexibility index (Phi) is 3.63. The fourth-order valence-electron chi connectivity index (χ4n) is 4.58. The summed E-state index contributed by atoms with van der Waals surface area (Å²) in [6.07, 6.45) is 3.85. The number of likely N-dealkylation sites (tertiary alicyclic amines) is 1. The Hall–Kier alpha value is -1.59. The summed E-state index contributed by atoms with van der Waals surface area (Å²) < 4.78 is 0. The van der Waals surface area contributed by atoms with Crippen molar-refractivity contribution in [2.75, 3.05) is 13.1 Å². The smallest absolute Gasteiger partial charge is 0.226 e. The van der Waals surface area contributed by atoms with E-state index in [1.807, 2.05) is 0 Å². The summed E-state index contributed by atoms with van der Waals surface area (Å²) in [5.74, 6) is -2.34. The van der Waals surface area contributed by atoms with Crippen molar-refractivity contribution in [2.24, 2.45) is 35.3 Å². The number of carboxylic acids is 1. The number of fused-ring (bicyclic) bond motifs is 2. The first-order valence-corrected chi connectivity index (χ1v) is 7.78. The maximum atomic E-state index is 12.7. The zero-order valence-corrected chi connectivity index (χ0v) is 12.0. The third-order valence-electron chi connectivity index (χ3n) is 5.68. The van der Waals surface area contributed by atoms with Gasteiger partial charge in [-0.25, -0.2) is 0 Å². The number of hydrogen-bond donors (Lipinski definition) is 1. The third-order valence-corrected chi connectivity index (χ3v) is 5.68. The Morgan fingerprint density at radius 3 is 2.05 bits per heavy atom. The topological polar surface area (TPSA) is 104 Å². The van der Waals surface area contributed by atoms with Gasteiger partial charge < -0.3 is 20.5 Å². The van der Waals surface area contributed by atoms with E-state index in [2.05, 4.69) is 0 Å². The standard InChI is InChI=1S/C15H22N2O4/c16-13(18)8-3-5-17(6-4-8)14(19)11-9-1-2-10(7-9)12(11)15(20)21/h8-12H,1-7H2,(H2,16,18)(H,20,21)/p-1. The SMILES string of the molecule is NC(=O)C1CCN(C(=O)C2C3CCC(C3)C2C(=O)[O-])CC1. The highest BCUT2D eigenvalue weighted by molar-refractivity contribution is 5.86. The van der Waals surface area contributed by atoms with Crippen LogP contribution >= 0.6 is 0 Å². The van der Waals surface area contributed by atoms with Crippen LogP contribution in [0.4, 0.5) is 0 Å². The van der Waals surface area contributed by atoms with E-state index < -0.39 is 17.8 Å². The number of carbonyl (C=O) groups excluding carboxylic acids is 3. The lowest BCUT2D eigenvalue weighted by Gasteiger charge is -2.37. The van der Waals surface area contributed by atoms with Crippen LogP contribution in [-0.4, -0.2) is 35.8 Å². The Morgan fingerprint density at radius 1 is 0.952 bits per heavy atom. The number of hydrogen-bond acceptors (Lipinski definition) is 4. The minimum atomic E-state index is -1.08. The van der Waals surface area contributed by atoms with E-state index in [9.17, 15) is 19.5 Å². The molecule has 0 aromatic rings. The van der Waals surface area contributed by atoms with Gasteiger partial charge in [-0.15, -0.1) is 0 Å². The number of carboxylic acid groups (broad SMARTS) is 1. The number of rotatable bonds is 3. The zero-order valence-electron chi connectivity index (χ0n) is 12.0. The van der Waals surface area contributed by atoms with Gasteiger partial charge in [0.1, 0.15) is 0 Å². The second-order valence-electron chi connectivity index (χ2n) is 6.71. The molecule has 3 fully saturated rings. The number of aliphatic carboxylic acids is 1. The van der Waals surface area contributed by atoms with Crippen LogP contribution in [0, 0.1) is 29.6 Å². The summed E-state index contributed by atoms with van der Waals surface area (Å²) in [6.45, 7) is 1.00. The molecule has 1 aliphatic heterocycles. The van der Waals surface area contributed by atoms with E-state index in [0.29, 0.717) is 25.9 Å². The van der Waals surface area contributed by atoms with E-state index in [1.54, 1.807) is 4.90 Å². The lowest BCUT2D eigenvalue weighted by atomic mass is 9.78. The number of nitrogens with two attached hydrogens (primary N) is 1. The van der Waals surface area contributed by atoms with Gasteiger partial charge in [0.2, 0.25) is 11.8 Å². The molecular weight excluding hydrogens is 272 g/mol. The van der Waals surface area contributed by atoms with Crippen LogP contribution in [0.15, 0.2) is 0 Å². The van der Waals surface area contributed by atoms with Gasteiger partial charge in [-0.1, -0.05) is 0 Å². The van der Waals surface area contributed by atoms with E-state index >= 15 is 0 Å². The molecule has 3 aliphatic rings. The van der Waals surface area contributed by atoms with Crippen molar-refractivity contribution >= 4 is 17.8 Å². The highest BCUT2D eigenvalue weighted by Gasteiger charge is 2.52. The number of carbonyl (C=O) groups is 3. The maximum Gasteiger partial charge on any atom is 0.226 e. The summed E-state index contributed by atoms with van der Waals surface area (Å²) in [7, 11) is 0. The molecule has 1 saturated heterocycles.